The Kier molecular flexibility index (Phi) is 5.36. The van der Waals surface area contributed by atoms with Gasteiger partial charge in [-0.05, 0) is 6.42 Å². The number of aliphatic carboxylic acids is 1. The normalized spacial score (nSPS) is 13.5. The minimum absolute atomic E-state index is 0.108. The smallest absolute Gasteiger partial charge is 0.332 e. The fourth-order valence-corrected chi connectivity index (χ4v) is 1.55. The van der Waals surface area contributed by atoms with E-state index in [1.54, 1.807) is 0 Å². The predicted octanol–water partition coefficient (Wildman–Crippen LogP) is -1.07. The van der Waals surface area contributed by atoms with Crippen LogP contribution in [0.15, 0.2) is 12.7 Å². The molecule has 0 amide bonds. The number of aliphatic hydroxyl groups is 1. The average molecular weight is 223 g/mol. The van der Waals surface area contributed by atoms with Crippen molar-refractivity contribution in [3.63, 3.8) is 0 Å². The third kappa shape index (κ3) is 5.68. The van der Waals surface area contributed by atoms with Gasteiger partial charge in [-0.1, -0.05) is 6.08 Å². The number of rotatable bonds is 7. The van der Waals surface area contributed by atoms with Crippen molar-refractivity contribution in [1.29, 1.82) is 0 Å². The van der Waals surface area contributed by atoms with Crippen molar-refractivity contribution >= 4 is 16.0 Å². The fraction of sp³-hybridized carbons (Fsp3) is 0.571. The van der Waals surface area contributed by atoms with Crippen LogP contribution < -0.4 is 4.72 Å². The molecular formula is C7H13NO5S. The number of carbonyl (C=O) groups is 1. The second kappa shape index (κ2) is 5.74. The molecule has 0 aliphatic heterocycles. The standard InChI is InChI=1S/C7H13NO5S/c1-2-5-14(12,13)8-4-3-6(9)7(10)11/h2,6,8-9H,1,3-5H2,(H,10,11). The van der Waals surface area contributed by atoms with Crippen LogP contribution in [0, 0.1) is 0 Å². The molecule has 0 aromatic rings. The summed E-state index contributed by atoms with van der Waals surface area (Å²) in [5.74, 6) is -1.59. The Balaban J connectivity index is 3.85. The molecular weight excluding hydrogens is 210 g/mol. The highest BCUT2D eigenvalue weighted by Crippen LogP contribution is 1.91. The Labute approximate surface area is 82.3 Å². The molecule has 0 radical (unpaired) electrons. The van der Waals surface area contributed by atoms with E-state index in [2.05, 4.69) is 11.3 Å². The molecule has 0 aliphatic rings. The van der Waals surface area contributed by atoms with Crippen molar-refractivity contribution in [2.75, 3.05) is 12.3 Å². The second-order valence-corrected chi connectivity index (χ2v) is 4.46. The summed E-state index contributed by atoms with van der Waals surface area (Å²) in [4.78, 5) is 10.1. The van der Waals surface area contributed by atoms with Crippen molar-refractivity contribution < 1.29 is 23.4 Å². The van der Waals surface area contributed by atoms with Gasteiger partial charge in [-0.2, -0.15) is 0 Å². The Hall–Kier alpha value is -0.920. The molecule has 14 heavy (non-hydrogen) atoms. The van der Waals surface area contributed by atoms with E-state index >= 15 is 0 Å². The van der Waals surface area contributed by atoms with E-state index < -0.39 is 22.1 Å². The Morgan fingerprint density at radius 1 is 1.57 bits per heavy atom. The second-order valence-electron chi connectivity index (χ2n) is 2.61. The van der Waals surface area contributed by atoms with Crippen LogP contribution in [0.5, 0.6) is 0 Å². The first-order chi connectivity index (χ1) is 6.39. The van der Waals surface area contributed by atoms with Gasteiger partial charge in [0.1, 0.15) is 0 Å². The molecule has 0 aliphatic carbocycles. The van der Waals surface area contributed by atoms with E-state index in [0.29, 0.717) is 0 Å². The minimum atomic E-state index is -3.43. The van der Waals surface area contributed by atoms with Gasteiger partial charge in [0.05, 0.1) is 5.75 Å². The number of carboxylic acids is 1. The van der Waals surface area contributed by atoms with Crippen molar-refractivity contribution in [1.82, 2.24) is 4.72 Å². The van der Waals surface area contributed by atoms with Gasteiger partial charge in [0.2, 0.25) is 10.0 Å². The first-order valence-corrected chi connectivity index (χ1v) is 5.53. The molecule has 1 atom stereocenters. The number of hydrogen-bond donors (Lipinski definition) is 3. The van der Waals surface area contributed by atoms with Gasteiger partial charge in [-0.15, -0.1) is 6.58 Å². The molecule has 0 aromatic carbocycles. The zero-order valence-corrected chi connectivity index (χ0v) is 8.33. The highest BCUT2D eigenvalue weighted by molar-refractivity contribution is 7.89. The molecule has 0 fully saturated rings. The molecule has 0 aromatic heterocycles. The first-order valence-electron chi connectivity index (χ1n) is 3.88. The van der Waals surface area contributed by atoms with Gasteiger partial charge in [0.15, 0.2) is 6.10 Å². The average Bonchev–Trinajstić information content (AvgIpc) is 2.03. The number of sulfonamides is 1. The fourth-order valence-electron chi connectivity index (χ4n) is 0.689. The molecule has 0 heterocycles. The van der Waals surface area contributed by atoms with Crippen LogP contribution in [0.2, 0.25) is 0 Å². The Morgan fingerprint density at radius 2 is 2.14 bits per heavy atom. The Bertz CT molecular complexity index is 297. The van der Waals surface area contributed by atoms with Crippen LogP contribution in [0.25, 0.3) is 0 Å². The summed E-state index contributed by atoms with van der Waals surface area (Å²) in [6, 6.07) is 0. The van der Waals surface area contributed by atoms with Crippen LogP contribution in [0.1, 0.15) is 6.42 Å². The molecule has 82 valence electrons. The van der Waals surface area contributed by atoms with Gasteiger partial charge < -0.3 is 10.2 Å². The largest absolute Gasteiger partial charge is 0.479 e. The number of aliphatic hydroxyl groups excluding tert-OH is 1. The lowest BCUT2D eigenvalue weighted by molar-refractivity contribution is -0.146. The quantitative estimate of drug-likeness (QED) is 0.477. The molecule has 0 spiro atoms. The van der Waals surface area contributed by atoms with E-state index in [4.69, 9.17) is 10.2 Å². The van der Waals surface area contributed by atoms with Crippen LogP contribution in [-0.2, 0) is 14.8 Å². The highest BCUT2D eigenvalue weighted by Gasteiger charge is 2.14. The third-order valence-corrected chi connectivity index (χ3v) is 2.68. The van der Waals surface area contributed by atoms with Crippen LogP contribution in [-0.4, -0.2) is 43.0 Å². The summed E-state index contributed by atoms with van der Waals surface area (Å²) in [7, 11) is -3.43. The van der Waals surface area contributed by atoms with Gasteiger partial charge in [0.25, 0.3) is 0 Å². The molecule has 0 saturated heterocycles. The molecule has 0 saturated carbocycles. The Morgan fingerprint density at radius 3 is 2.57 bits per heavy atom. The van der Waals surface area contributed by atoms with E-state index in [0.717, 1.165) is 0 Å². The lowest BCUT2D eigenvalue weighted by Gasteiger charge is -2.06. The van der Waals surface area contributed by atoms with Crippen molar-refractivity contribution in [2.24, 2.45) is 0 Å². The minimum Gasteiger partial charge on any atom is -0.479 e. The number of nitrogens with one attached hydrogen (secondary N) is 1. The maximum Gasteiger partial charge on any atom is 0.332 e. The van der Waals surface area contributed by atoms with E-state index in [1.807, 2.05) is 0 Å². The van der Waals surface area contributed by atoms with Crippen molar-refractivity contribution in [3.8, 4) is 0 Å². The lowest BCUT2D eigenvalue weighted by Crippen LogP contribution is -2.31. The topological polar surface area (TPSA) is 104 Å². The maximum atomic E-state index is 11.0. The van der Waals surface area contributed by atoms with Gasteiger partial charge in [0, 0.05) is 6.54 Å². The van der Waals surface area contributed by atoms with E-state index in [1.165, 1.54) is 6.08 Å². The lowest BCUT2D eigenvalue weighted by atomic mass is 10.3. The van der Waals surface area contributed by atoms with Crippen LogP contribution in [0.4, 0.5) is 0 Å². The van der Waals surface area contributed by atoms with Crippen molar-refractivity contribution in [2.45, 2.75) is 12.5 Å². The summed E-state index contributed by atoms with van der Waals surface area (Å²) in [6.07, 6.45) is -0.483. The third-order valence-electron chi connectivity index (χ3n) is 1.36. The first kappa shape index (κ1) is 13.1. The predicted molar refractivity (Wildman–Crippen MR) is 50.2 cm³/mol. The zero-order chi connectivity index (χ0) is 11.2. The molecule has 1 unspecified atom stereocenters. The van der Waals surface area contributed by atoms with Crippen LogP contribution >= 0.6 is 0 Å². The molecule has 0 rings (SSSR count). The highest BCUT2D eigenvalue weighted by atomic mass is 32.2. The summed E-state index contributed by atoms with van der Waals surface area (Å²) in [5.41, 5.74) is 0. The van der Waals surface area contributed by atoms with Gasteiger partial charge >= 0.3 is 5.97 Å². The monoisotopic (exact) mass is 223 g/mol. The molecule has 6 nitrogen and oxygen atoms in total. The summed E-state index contributed by atoms with van der Waals surface area (Å²) < 4.78 is 24.1. The molecule has 3 N–H and O–H groups in total. The van der Waals surface area contributed by atoms with Gasteiger partial charge in [-0.3, -0.25) is 0 Å². The summed E-state index contributed by atoms with van der Waals surface area (Å²) >= 11 is 0. The SMILES string of the molecule is C=CCS(=O)(=O)NCCC(O)C(=O)O. The number of carboxylic acid groups (broad SMARTS) is 1. The van der Waals surface area contributed by atoms with Crippen LogP contribution in [0.3, 0.4) is 0 Å². The zero-order valence-electron chi connectivity index (χ0n) is 7.51. The molecule has 7 heteroatoms. The van der Waals surface area contributed by atoms with Crippen molar-refractivity contribution in [3.05, 3.63) is 12.7 Å². The molecule has 0 bridgehead atoms. The number of hydrogen-bond acceptors (Lipinski definition) is 4. The maximum absolute atomic E-state index is 11.0. The van der Waals surface area contributed by atoms with E-state index in [9.17, 15) is 13.2 Å². The summed E-state index contributed by atoms with van der Waals surface area (Å²) in [6.45, 7) is 3.15. The van der Waals surface area contributed by atoms with Gasteiger partial charge in [-0.25, -0.2) is 17.9 Å². The van der Waals surface area contributed by atoms with E-state index in [-0.39, 0.29) is 18.7 Å². The summed E-state index contributed by atoms with van der Waals surface area (Å²) in [5, 5.41) is 17.1.